The molecule has 0 bridgehead atoms. The standard InChI is InChI=1S/C24H28N4O/c1-19(22-8-4-2-5-9-22)27(17-20-12-13-20)24(29)25-15-14-21-16-26-28(18-21)23-10-6-3-7-11-23/h2-11,16,18-20H,12-15,17H2,1H3,(H,25,29). The van der Waals surface area contributed by atoms with E-state index in [0.29, 0.717) is 12.5 Å². The molecule has 1 unspecified atom stereocenters. The molecule has 0 radical (unpaired) electrons. The third kappa shape index (κ3) is 5.05. The summed E-state index contributed by atoms with van der Waals surface area (Å²) in [4.78, 5) is 14.9. The molecule has 1 N–H and O–H groups in total. The minimum atomic E-state index is 0.0173. The maximum Gasteiger partial charge on any atom is 0.317 e. The number of aromatic nitrogens is 2. The highest BCUT2D eigenvalue weighted by molar-refractivity contribution is 5.74. The van der Waals surface area contributed by atoms with Crippen molar-refractivity contribution in [2.24, 2.45) is 5.92 Å². The van der Waals surface area contributed by atoms with E-state index in [1.54, 1.807) is 0 Å². The number of hydrogen-bond donors (Lipinski definition) is 1. The second-order valence-electron chi connectivity index (χ2n) is 7.79. The van der Waals surface area contributed by atoms with Gasteiger partial charge in [0.05, 0.1) is 17.9 Å². The van der Waals surface area contributed by atoms with Gasteiger partial charge in [-0.25, -0.2) is 9.48 Å². The van der Waals surface area contributed by atoms with Crippen LogP contribution in [0.3, 0.4) is 0 Å². The van der Waals surface area contributed by atoms with Gasteiger partial charge in [0.2, 0.25) is 0 Å². The zero-order chi connectivity index (χ0) is 20.1. The predicted molar refractivity (Wildman–Crippen MR) is 115 cm³/mol. The predicted octanol–water partition coefficient (Wildman–Crippen LogP) is 4.60. The summed E-state index contributed by atoms with van der Waals surface area (Å²) >= 11 is 0. The van der Waals surface area contributed by atoms with Gasteiger partial charge in [-0.1, -0.05) is 48.5 Å². The molecule has 0 spiro atoms. The Hall–Kier alpha value is -3.08. The van der Waals surface area contributed by atoms with E-state index < -0.39 is 0 Å². The quantitative estimate of drug-likeness (QED) is 0.613. The number of nitrogens with one attached hydrogen (secondary N) is 1. The lowest BCUT2D eigenvalue weighted by molar-refractivity contribution is 0.176. The lowest BCUT2D eigenvalue weighted by Gasteiger charge is -2.30. The molecule has 2 aromatic carbocycles. The fourth-order valence-corrected chi connectivity index (χ4v) is 3.53. The van der Waals surface area contributed by atoms with Crippen molar-refractivity contribution in [2.45, 2.75) is 32.2 Å². The van der Waals surface area contributed by atoms with Crippen molar-refractivity contribution in [1.82, 2.24) is 20.0 Å². The van der Waals surface area contributed by atoms with Crippen LogP contribution in [0.25, 0.3) is 5.69 Å². The Morgan fingerprint density at radius 3 is 2.52 bits per heavy atom. The van der Waals surface area contributed by atoms with E-state index in [9.17, 15) is 4.79 Å². The summed E-state index contributed by atoms with van der Waals surface area (Å²) in [5.41, 5.74) is 3.32. The van der Waals surface area contributed by atoms with Gasteiger partial charge in [0.1, 0.15) is 0 Å². The van der Waals surface area contributed by atoms with Gasteiger partial charge < -0.3 is 10.2 Å². The van der Waals surface area contributed by atoms with Gasteiger partial charge in [0.15, 0.2) is 0 Å². The summed E-state index contributed by atoms with van der Waals surface area (Å²) in [5.74, 6) is 0.649. The highest BCUT2D eigenvalue weighted by atomic mass is 16.2. The second-order valence-corrected chi connectivity index (χ2v) is 7.79. The second kappa shape index (κ2) is 8.95. The molecule has 3 aromatic rings. The first-order valence-electron chi connectivity index (χ1n) is 10.4. The SMILES string of the molecule is CC(c1ccccc1)N(CC1CC1)C(=O)NCCc1cnn(-c2ccccc2)c1. The molecule has 4 rings (SSSR count). The van der Waals surface area contributed by atoms with E-state index in [4.69, 9.17) is 0 Å². The zero-order valence-electron chi connectivity index (χ0n) is 16.9. The Labute approximate surface area is 172 Å². The third-order valence-electron chi connectivity index (χ3n) is 5.51. The van der Waals surface area contributed by atoms with Gasteiger partial charge >= 0.3 is 6.03 Å². The Balaban J connectivity index is 1.34. The Morgan fingerprint density at radius 1 is 1.14 bits per heavy atom. The Kier molecular flexibility index (Phi) is 5.94. The van der Waals surface area contributed by atoms with Crippen LogP contribution < -0.4 is 5.32 Å². The van der Waals surface area contributed by atoms with Crippen LogP contribution in [0.1, 0.15) is 36.9 Å². The minimum absolute atomic E-state index is 0.0173. The van der Waals surface area contributed by atoms with Crippen LogP contribution in [-0.4, -0.2) is 33.8 Å². The molecule has 0 aliphatic heterocycles. The fraction of sp³-hybridized carbons (Fsp3) is 0.333. The largest absolute Gasteiger partial charge is 0.338 e. The normalized spacial score (nSPS) is 14.4. The molecule has 1 aliphatic rings. The lowest BCUT2D eigenvalue weighted by Crippen LogP contribution is -2.43. The van der Waals surface area contributed by atoms with Crippen LogP contribution in [0.4, 0.5) is 4.79 Å². The maximum atomic E-state index is 12.9. The number of carbonyl (C=O) groups excluding carboxylic acids is 1. The zero-order valence-corrected chi connectivity index (χ0v) is 16.9. The smallest absolute Gasteiger partial charge is 0.317 e. The summed E-state index contributed by atoms with van der Waals surface area (Å²) in [6.07, 6.45) is 7.10. The molecule has 1 aliphatic carbocycles. The highest BCUT2D eigenvalue weighted by Gasteiger charge is 2.29. The molecule has 1 saturated carbocycles. The van der Waals surface area contributed by atoms with E-state index in [-0.39, 0.29) is 12.1 Å². The number of nitrogens with zero attached hydrogens (tertiary/aromatic N) is 3. The number of carbonyl (C=O) groups is 1. The lowest BCUT2D eigenvalue weighted by atomic mass is 10.1. The summed E-state index contributed by atoms with van der Waals surface area (Å²) in [6, 6.07) is 20.4. The Morgan fingerprint density at radius 2 is 1.83 bits per heavy atom. The van der Waals surface area contributed by atoms with E-state index in [1.165, 1.54) is 18.4 Å². The van der Waals surface area contributed by atoms with Crippen molar-refractivity contribution in [3.8, 4) is 5.69 Å². The van der Waals surface area contributed by atoms with Crippen molar-refractivity contribution in [3.63, 3.8) is 0 Å². The van der Waals surface area contributed by atoms with E-state index in [2.05, 4.69) is 29.5 Å². The molecule has 5 nitrogen and oxygen atoms in total. The van der Waals surface area contributed by atoms with E-state index in [1.807, 2.05) is 70.5 Å². The summed E-state index contributed by atoms with van der Waals surface area (Å²) < 4.78 is 1.87. The first kappa shape index (κ1) is 19.2. The number of amides is 2. The van der Waals surface area contributed by atoms with Crippen molar-refractivity contribution >= 4 is 6.03 Å². The van der Waals surface area contributed by atoms with Gasteiger partial charge in [0.25, 0.3) is 0 Å². The minimum Gasteiger partial charge on any atom is -0.338 e. The number of para-hydroxylation sites is 1. The summed E-state index contributed by atoms with van der Waals surface area (Å²) in [6.45, 7) is 3.54. The maximum absolute atomic E-state index is 12.9. The van der Waals surface area contributed by atoms with Gasteiger partial charge in [-0.15, -0.1) is 0 Å². The molecule has 0 saturated heterocycles. The molecule has 1 fully saturated rings. The first-order chi connectivity index (χ1) is 14.2. The van der Waals surface area contributed by atoms with Gasteiger partial charge in [-0.05, 0) is 55.4 Å². The van der Waals surface area contributed by atoms with Gasteiger partial charge in [-0.3, -0.25) is 0 Å². The van der Waals surface area contributed by atoms with Crippen LogP contribution in [0.15, 0.2) is 73.1 Å². The molecule has 5 heteroatoms. The third-order valence-corrected chi connectivity index (χ3v) is 5.51. The first-order valence-corrected chi connectivity index (χ1v) is 10.4. The van der Waals surface area contributed by atoms with Crippen molar-refractivity contribution in [3.05, 3.63) is 84.2 Å². The Bertz CT molecular complexity index is 918. The van der Waals surface area contributed by atoms with Crippen LogP contribution in [0.2, 0.25) is 0 Å². The number of hydrogen-bond acceptors (Lipinski definition) is 2. The molecule has 29 heavy (non-hydrogen) atoms. The summed E-state index contributed by atoms with van der Waals surface area (Å²) in [5, 5.41) is 7.54. The molecule has 2 amide bonds. The molecule has 1 atom stereocenters. The van der Waals surface area contributed by atoms with Crippen molar-refractivity contribution in [2.75, 3.05) is 13.1 Å². The summed E-state index contributed by atoms with van der Waals surface area (Å²) in [7, 11) is 0. The molecular weight excluding hydrogens is 360 g/mol. The van der Waals surface area contributed by atoms with Gasteiger partial charge in [-0.2, -0.15) is 5.10 Å². The van der Waals surface area contributed by atoms with Crippen LogP contribution in [-0.2, 0) is 6.42 Å². The molecular formula is C24H28N4O. The van der Waals surface area contributed by atoms with Crippen molar-refractivity contribution < 1.29 is 4.79 Å². The topological polar surface area (TPSA) is 50.2 Å². The van der Waals surface area contributed by atoms with Crippen molar-refractivity contribution in [1.29, 1.82) is 0 Å². The molecule has 1 heterocycles. The van der Waals surface area contributed by atoms with Gasteiger partial charge in [0, 0.05) is 19.3 Å². The number of urea groups is 1. The average Bonchev–Trinajstić information content (AvgIpc) is 3.47. The van der Waals surface area contributed by atoms with E-state index in [0.717, 1.165) is 24.2 Å². The highest BCUT2D eigenvalue weighted by Crippen LogP contribution is 2.32. The van der Waals surface area contributed by atoms with Crippen LogP contribution in [0, 0.1) is 5.92 Å². The van der Waals surface area contributed by atoms with Crippen LogP contribution >= 0.6 is 0 Å². The molecule has 1 aromatic heterocycles. The number of rotatable bonds is 8. The molecule has 150 valence electrons. The number of benzene rings is 2. The van der Waals surface area contributed by atoms with E-state index >= 15 is 0 Å². The monoisotopic (exact) mass is 388 g/mol. The fourth-order valence-electron chi connectivity index (χ4n) is 3.53. The average molecular weight is 389 g/mol. The van der Waals surface area contributed by atoms with Crippen LogP contribution in [0.5, 0.6) is 0 Å².